The molecule has 0 saturated heterocycles. The number of hydrogen-bond acceptors (Lipinski definition) is 2. The average molecular weight is 295 g/mol. The third kappa shape index (κ3) is 2.53. The molecule has 1 aliphatic carbocycles. The minimum absolute atomic E-state index is 0.159. The molecule has 3 rings (SSSR count). The van der Waals surface area contributed by atoms with Gasteiger partial charge in [-0.25, -0.2) is 4.99 Å². The number of carbonyl (C=O) groups excluding carboxylic acids is 1. The number of nitrogens with zero attached hydrogens (tertiary/aromatic N) is 1. The van der Waals surface area contributed by atoms with Crippen molar-refractivity contribution >= 4 is 41.0 Å². The minimum Gasteiger partial charge on any atom is -0.308 e. The largest absolute Gasteiger partial charge is 0.308 e. The molecule has 1 saturated carbocycles. The molecule has 98 valence electrons. The van der Waals surface area contributed by atoms with Crippen LogP contribution in [0.15, 0.2) is 28.9 Å². The van der Waals surface area contributed by atoms with E-state index in [4.69, 9.17) is 23.2 Å². The molecule has 0 radical (unpaired) electrons. The van der Waals surface area contributed by atoms with E-state index in [1.54, 1.807) is 24.3 Å². The Hall–Kier alpha value is -1.32. The summed E-state index contributed by atoms with van der Waals surface area (Å²) in [6.07, 6.45) is 5.11. The number of carbonyl (C=O) groups is 1. The second-order valence-electron chi connectivity index (χ2n) is 4.77. The summed E-state index contributed by atoms with van der Waals surface area (Å²) in [5.74, 6) is 1.05. The number of amides is 1. The Morgan fingerprint density at radius 3 is 2.74 bits per heavy atom. The van der Waals surface area contributed by atoms with E-state index in [1.165, 1.54) is 6.42 Å². The van der Waals surface area contributed by atoms with Crippen molar-refractivity contribution in [2.75, 3.05) is 0 Å². The first-order valence-corrected chi connectivity index (χ1v) is 6.96. The predicted molar refractivity (Wildman–Crippen MR) is 77.4 cm³/mol. The Bertz CT molecular complexity index is 603. The average Bonchev–Trinajstić information content (AvgIpc) is 2.61. The lowest BCUT2D eigenvalue weighted by atomic mass is 9.84. The van der Waals surface area contributed by atoms with Crippen LogP contribution in [0.3, 0.4) is 0 Å². The summed E-state index contributed by atoms with van der Waals surface area (Å²) in [7, 11) is 0. The van der Waals surface area contributed by atoms with Crippen LogP contribution in [-0.4, -0.2) is 11.7 Å². The molecule has 0 spiro atoms. The molecule has 1 N–H and O–H groups in total. The molecule has 1 aliphatic heterocycles. The molecule has 1 aromatic carbocycles. The van der Waals surface area contributed by atoms with Crippen LogP contribution < -0.4 is 5.32 Å². The molecular weight excluding hydrogens is 283 g/mol. The topological polar surface area (TPSA) is 41.5 Å². The van der Waals surface area contributed by atoms with E-state index in [1.807, 2.05) is 0 Å². The van der Waals surface area contributed by atoms with Gasteiger partial charge in [0, 0.05) is 16.0 Å². The maximum absolute atomic E-state index is 11.8. The molecule has 1 amide bonds. The zero-order chi connectivity index (χ0) is 13.4. The molecule has 1 heterocycles. The molecule has 2 aliphatic rings. The van der Waals surface area contributed by atoms with E-state index in [0.717, 1.165) is 24.2 Å². The van der Waals surface area contributed by atoms with Gasteiger partial charge in [-0.05, 0) is 36.6 Å². The molecule has 0 atom stereocenters. The Morgan fingerprint density at radius 2 is 2.11 bits per heavy atom. The van der Waals surface area contributed by atoms with Crippen LogP contribution in [-0.2, 0) is 4.79 Å². The molecule has 1 aromatic rings. The van der Waals surface area contributed by atoms with Gasteiger partial charge in [-0.2, -0.15) is 0 Å². The Morgan fingerprint density at radius 1 is 1.32 bits per heavy atom. The number of nitrogens with one attached hydrogen (secondary N) is 1. The van der Waals surface area contributed by atoms with Gasteiger partial charge in [-0.3, -0.25) is 4.79 Å². The van der Waals surface area contributed by atoms with Crippen molar-refractivity contribution in [1.82, 2.24) is 5.32 Å². The van der Waals surface area contributed by atoms with E-state index in [0.29, 0.717) is 21.7 Å². The Labute approximate surface area is 121 Å². The standard InChI is InChI=1S/C14H12Cl2N2O/c15-10-5-4-9(11(16)7-10)6-12-14(19)18-13(17-12)8-2-1-3-8/h4-8H,1-3H2,(H,17,18,19)/b12-6-. The second-order valence-corrected chi connectivity index (χ2v) is 5.62. The van der Waals surface area contributed by atoms with Gasteiger partial charge in [0.25, 0.3) is 5.91 Å². The highest BCUT2D eigenvalue weighted by molar-refractivity contribution is 6.35. The van der Waals surface area contributed by atoms with Crippen molar-refractivity contribution in [2.24, 2.45) is 10.9 Å². The van der Waals surface area contributed by atoms with E-state index in [9.17, 15) is 4.79 Å². The molecule has 0 bridgehead atoms. The van der Waals surface area contributed by atoms with Gasteiger partial charge in [0.1, 0.15) is 11.5 Å². The lowest BCUT2D eigenvalue weighted by molar-refractivity contribution is -0.115. The Kier molecular flexibility index (Phi) is 3.33. The van der Waals surface area contributed by atoms with Gasteiger partial charge in [0.2, 0.25) is 0 Å². The SMILES string of the molecule is O=C1NC(C2CCC2)=N/C1=C\c1ccc(Cl)cc1Cl. The quantitative estimate of drug-likeness (QED) is 0.831. The monoisotopic (exact) mass is 294 g/mol. The summed E-state index contributed by atoms with van der Waals surface area (Å²) in [4.78, 5) is 16.2. The van der Waals surface area contributed by atoms with Crippen molar-refractivity contribution in [3.63, 3.8) is 0 Å². The zero-order valence-corrected chi connectivity index (χ0v) is 11.6. The van der Waals surface area contributed by atoms with Crippen molar-refractivity contribution in [3.8, 4) is 0 Å². The molecule has 19 heavy (non-hydrogen) atoms. The van der Waals surface area contributed by atoms with E-state index in [-0.39, 0.29) is 5.91 Å². The van der Waals surface area contributed by atoms with Crippen LogP contribution in [0.1, 0.15) is 24.8 Å². The van der Waals surface area contributed by atoms with E-state index < -0.39 is 0 Å². The van der Waals surface area contributed by atoms with Gasteiger partial charge >= 0.3 is 0 Å². The number of aliphatic imine (C=N–C) groups is 1. The minimum atomic E-state index is -0.159. The first-order chi connectivity index (χ1) is 9.13. The molecule has 0 aromatic heterocycles. The first kappa shape index (κ1) is 12.7. The molecular formula is C14H12Cl2N2O. The van der Waals surface area contributed by atoms with Crippen LogP contribution in [0.5, 0.6) is 0 Å². The smallest absolute Gasteiger partial charge is 0.275 e. The Balaban J connectivity index is 1.90. The zero-order valence-electron chi connectivity index (χ0n) is 10.1. The van der Waals surface area contributed by atoms with Gasteiger partial charge in [0.05, 0.1) is 0 Å². The third-order valence-corrected chi connectivity index (χ3v) is 4.02. The fourth-order valence-electron chi connectivity index (χ4n) is 2.13. The normalized spacial score (nSPS) is 21.3. The third-order valence-electron chi connectivity index (χ3n) is 3.46. The van der Waals surface area contributed by atoms with Gasteiger partial charge in [-0.15, -0.1) is 0 Å². The summed E-state index contributed by atoms with van der Waals surface area (Å²) in [6.45, 7) is 0. The fraction of sp³-hybridized carbons (Fsp3) is 0.286. The molecule has 1 fully saturated rings. The van der Waals surface area contributed by atoms with Crippen LogP contribution in [0.4, 0.5) is 0 Å². The van der Waals surface area contributed by atoms with Gasteiger partial charge in [0.15, 0.2) is 0 Å². The first-order valence-electron chi connectivity index (χ1n) is 6.20. The lowest BCUT2D eigenvalue weighted by Crippen LogP contribution is -2.33. The summed E-state index contributed by atoms with van der Waals surface area (Å²) in [5.41, 5.74) is 1.15. The van der Waals surface area contributed by atoms with Crippen molar-refractivity contribution < 1.29 is 4.79 Å². The van der Waals surface area contributed by atoms with Crippen LogP contribution in [0.2, 0.25) is 10.0 Å². The highest BCUT2D eigenvalue weighted by Crippen LogP contribution is 2.30. The summed E-state index contributed by atoms with van der Waals surface area (Å²) >= 11 is 11.9. The summed E-state index contributed by atoms with van der Waals surface area (Å²) < 4.78 is 0. The highest BCUT2D eigenvalue weighted by Gasteiger charge is 2.30. The maximum Gasteiger partial charge on any atom is 0.275 e. The number of amidine groups is 1. The van der Waals surface area contributed by atoms with Crippen LogP contribution in [0.25, 0.3) is 6.08 Å². The number of benzene rings is 1. The lowest BCUT2D eigenvalue weighted by Gasteiger charge is -2.24. The predicted octanol–water partition coefficient (Wildman–Crippen LogP) is 3.66. The highest BCUT2D eigenvalue weighted by atomic mass is 35.5. The number of halogens is 2. The van der Waals surface area contributed by atoms with E-state index in [2.05, 4.69) is 10.3 Å². The van der Waals surface area contributed by atoms with Crippen molar-refractivity contribution in [2.45, 2.75) is 19.3 Å². The number of rotatable bonds is 2. The van der Waals surface area contributed by atoms with Gasteiger partial charge < -0.3 is 5.32 Å². The maximum atomic E-state index is 11.8. The summed E-state index contributed by atoms with van der Waals surface area (Å²) in [5, 5.41) is 3.92. The second kappa shape index (κ2) is 4.99. The van der Waals surface area contributed by atoms with Crippen molar-refractivity contribution in [3.05, 3.63) is 39.5 Å². The molecule has 5 heteroatoms. The van der Waals surface area contributed by atoms with E-state index >= 15 is 0 Å². The fourth-order valence-corrected chi connectivity index (χ4v) is 2.59. The molecule has 3 nitrogen and oxygen atoms in total. The van der Waals surface area contributed by atoms with Crippen LogP contribution >= 0.6 is 23.2 Å². The molecule has 0 unspecified atom stereocenters. The number of hydrogen-bond donors (Lipinski definition) is 1. The summed E-state index contributed by atoms with van der Waals surface area (Å²) in [6, 6.07) is 5.17. The van der Waals surface area contributed by atoms with Gasteiger partial charge in [-0.1, -0.05) is 35.7 Å². The van der Waals surface area contributed by atoms with Crippen molar-refractivity contribution in [1.29, 1.82) is 0 Å². The van der Waals surface area contributed by atoms with Crippen LogP contribution in [0, 0.1) is 5.92 Å².